The number of phenols is 1. The summed E-state index contributed by atoms with van der Waals surface area (Å²) < 4.78 is 23.6. The highest BCUT2D eigenvalue weighted by Crippen LogP contribution is 2.51. The first-order chi connectivity index (χ1) is 10.8. The second-order valence-electron chi connectivity index (χ2n) is 7.45. The van der Waals surface area contributed by atoms with Crippen molar-refractivity contribution in [2.24, 2.45) is 5.41 Å². The van der Waals surface area contributed by atoms with E-state index in [0.29, 0.717) is 19.5 Å². The number of nitrogens with zero attached hydrogens (tertiary/aromatic N) is 1. The average molecular weight is 335 g/mol. The first-order valence-corrected chi connectivity index (χ1v) is 9.96. The second kappa shape index (κ2) is 4.72. The fourth-order valence-electron chi connectivity index (χ4n) is 4.25. The Bertz CT molecular complexity index is 751. The van der Waals surface area contributed by atoms with Gasteiger partial charge in [0.05, 0.1) is 16.9 Å². The highest BCUT2D eigenvalue weighted by molar-refractivity contribution is 7.91. The van der Waals surface area contributed by atoms with Gasteiger partial charge in [-0.1, -0.05) is 12.1 Å². The molecule has 124 valence electrons. The van der Waals surface area contributed by atoms with Crippen LogP contribution in [-0.4, -0.2) is 48.9 Å². The summed E-state index contributed by atoms with van der Waals surface area (Å²) in [7, 11) is -2.93. The van der Waals surface area contributed by atoms with E-state index >= 15 is 0 Å². The van der Waals surface area contributed by atoms with Gasteiger partial charge in [-0.05, 0) is 43.4 Å². The van der Waals surface area contributed by atoms with E-state index in [9.17, 15) is 18.3 Å². The summed E-state index contributed by atoms with van der Waals surface area (Å²) in [6.45, 7) is 1.24. The maximum atomic E-state index is 13.0. The predicted molar refractivity (Wildman–Crippen MR) is 85.9 cm³/mol. The summed E-state index contributed by atoms with van der Waals surface area (Å²) >= 11 is 0. The molecule has 6 heteroatoms. The number of carbonyl (C=O) groups is 1. The number of benzene rings is 1. The molecule has 2 saturated heterocycles. The molecule has 4 rings (SSSR count). The van der Waals surface area contributed by atoms with Gasteiger partial charge >= 0.3 is 0 Å². The Morgan fingerprint density at radius 3 is 2.35 bits per heavy atom. The molecule has 0 radical (unpaired) electrons. The Hall–Kier alpha value is -1.56. The van der Waals surface area contributed by atoms with Crippen LogP contribution in [0.2, 0.25) is 0 Å². The molecule has 1 saturated carbocycles. The quantitative estimate of drug-likeness (QED) is 0.888. The van der Waals surface area contributed by atoms with Crippen molar-refractivity contribution in [2.75, 3.05) is 24.6 Å². The number of hydrogen-bond acceptors (Lipinski definition) is 4. The molecule has 0 aromatic heterocycles. The van der Waals surface area contributed by atoms with Crippen LogP contribution in [0.5, 0.6) is 5.75 Å². The molecule has 5 nitrogen and oxygen atoms in total. The molecule has 3 aliphatic rings. The molecule has 1 aliphatic carbocycles. The van der Waals surface area contributed by atoms with Crippen molar-refractivity contribution >= 4 is 15.7 Å². The third-order valence-corrected chi connectivity index (χ3v) is 7.65. The fourth-order valence-corrected chi connectivity index (χ4v) is 6.45. The molecule has 1 amide bonds. The summed E-state index contributed by atoms with van der Waals surface area (Å²) in [5, 5.41) is 9.43. The molecule has 1 aromatic rings. The zero-order valence-corrected chi connectivity index (χ0v) is 13.8. The molecule has 2 aliphatic heterocycles. The molecule has 1 atom stereocenters. The molecule has 2 heterocycles. The first-order valence-electron chi connectivity index (χ1n) is 8.14. The van der Waals surface area contributed by atoms with Crippen molar-refractivity contribution in [1.29, 1.82) is 0 Å². The Morgan fingerprint density at radius 2 is 1.78 bits per heavy atom. The number of hydrogen-bond donors (Lipinski definition) is 1. The molecule has 1 unspecified atom stereocenters. The van der Waals surface area contributed by atoms with Crippen LogP contribution in [0.4, 0.5) is 0 Å². The minimum absolute atomic E-state index is 0.129. The summed E-state index contributed by atoms with van der Waals surface area (Å²) in [5.74, 6) is 0.825. The lowest BCUT2D eigenvalue weighted by Gasteiger charge is -2.26. The van der Waals surface area contributed by atoms with Crippen LogP contribution in [0, 0.1) is 5.41 Å². The molecule has 1 N–H and O–H groups in total. The van der Waals surface area contributed by atoms with Crippen LogP contribution in [0.15, 0.2) is 24.3 Å². The maximum Gasteiger partial charge on any atom is 0.233 e. The van der Waals surface area contributed by atoms with Gasteiger partial charge in [0.15, 0.2) is 9.84 Å². The van der Waals surface area contributed by atoms with E-state index in [4.69, 9.17) is 0 Å². The standard InChI is InChI=1S/C17H21NO4S/c19-14-3-1-13(2-4-14)17(5-6-17)15(20)18-9-7-16(11-18)8-10-23(21,22)12-16/h1-4,19H,5-12H2. The highest BCUT2D eigenvalue weighted by atomic mass is 32.2. The number of aromatic hydroxyl groups is 1. The summed E-state index contributed by atoms with van der Waals surface area (Å²) in [6, 6.07) is 6.90. The van der Waals surface area contributed by atoms with E-state index in [0.717, 1.165) is 24.8 Å². The molecule has 1 aromatic carbocycles. The smallest absolute Gasteiger partial charge is 0.233 e. The van der Waals surface area contributed by atoms with Gasteiger partial charge < -0.3 is 10.0 Å². The van der Waals surface area contributed by atoms with Gasteiger partial charge in [0.25, 0.3) is 0 Å². The number of sulfone groups is 1. The van der Waals surface area contributed by atoms with Crippen LogP contribution >= 0.6 is 0 Å². The van der Waals surface area contributed by atoms with Gasteiger partial charge in [0, 0.05) is 18.5 Å². The van der Waals surface area contributed by atoms with E-state index in [1.165, 1.54) is 0 Å². The van der Waals surface area contributed by atoms with Crippen molar-refractivity contribution in [3.8, 4) is 5.75 Å². The van der Waals surface area contributed by atoms with Crippen molar-refractivity contribution in [3.05, 3.63) is 29.8 Å². The Labute approximate surface area is 136 Å². The van der Waals surface area contributed by atoms with Crippen LogP contribution in [0.25, 0.3) is 0 Å². The molecule has 1 spiro atoms. The number of phenolic OH excluding ortho intramolecular Hbond substituents is 1. The molecular formula is C17H21NO4S. The second-order valence-corrected chi connectivity index (χ2v) is 9.63. The first kappa shape index (κ1) is 15.0. The number of amides is 1. The van der Waals surface area contributed by atoms with Crippen LogP contribution in [0.1, 0.15) is 31.2 Å². The normalized spacial score (nSPS) is 30.7. The van der Waals surface area contributed by atoms with Crippen molar-refractivity contribution < 1.29 is 18.3 Å². The fraction of sp³-hybridized carbons (Fsp3) is 0.588. The van der Waals surface area contributed by atoms with Gasteiger partial charge in [-0.15, -0.1) is 0 Å². The third kappa shape index (κ3) is 2.43. The van der Waals surface area contributed by atoms with E-state index in [2.05, 4.69) is 0 Å². The minimum Gasteiger partial charge on any atom is -0.508 e. The maximum absolute atomic E-state index is 13.0. The summed E-state index contributed by atoms with van der Waals surface area (Å²) in [6.07, 6.45) is 3.14. The predicted octanol–water partition coefficient (Wildman–Crippen LogP) is 1.46. The molecular weight excluding hydrogens is 314 g/mol. The molecule has 23 heavy (non-hydrogen) atoms. The SMILES string of the molecule is O=C(N1CCC2(CCS(=O)(=O)C2)C1)C1(c2ccc(O)cc2)CC1. The topological polar surface area (TPSA) is 74.7 Å². The Kier molecular flexibility index (Phi) is 3.08. The zero-order valence-electron chi connectivity index (χ0n) is 13.0. The van der Waals surface area contributed by atoms with Crippen molar-refractivity contribution in [3.63, 3.8) is 0 Å². The van der Waals surface area contributed by atoms with Gasteiger partial charge in [0.2, 0.25) is 5.91 Å². The number of likely N-dealkylation sites (tertiary alicyclic amines) is 1. The van der Waals surface area contributed by atoms with E-state index in [-0.39, 0.29) is 28.6 Å². The lowest BCUT2D eigenvalue weighted by Crippen LogP contribution is -2.39. The summed E-state index contributed by atoms with van der Waals surface area (Å²) in [4.78, 5) is 14.9. The van der Waals surface area contributed by atoms with Crippen molar-refractivity contribution in [1.82, 2.24) is 4.90 Å². The Balaban J connectivity index is 1.53. The van der Waals surface area contributed by atoms with Crippen LogP contribution < -0.4 is 0 Å². The molecule has 0 bridgehead atoms. The lowest BCUT2D eigenvalue weighted by atomic mass is 9.87. The van der Waals surface area contributed by atoms with Gasteiger partial charge in [-0.2, -0.15) is 0 Å². The van der Waals surface area contributed by atoms with Crippen LogP contribution in [-0.2, 0) is 20.0 Å². The molecule has 3 fully saturated rings. The van der Waals surface area contributed by atoms with Crippen molar-refractivity contribution in [2.45, 2.75) is 31.1 Å². The zero-order chi connectivity index (χ0) is 16.3. The minimum atomic E-state index is -2.93. The van der Waals surface area contributed by atoms with Gasteiger partial charge in [-0.25, -0.2) is 8.42 Å². The highest BCUT2D eigenvalue weighted by Gasteiger charge is 2.56. The number of rotatable bonds is 2. The van der Waals surface area contributed by atoms with E-state index in [1.807, 2.05) is 17.0 Å². The van der Waals surface area contributed by atoms with E-state index < -0.39 is 15.3 Å². The monoisotopic (exact) mass is 335 g/mol. The summed E-state index contributed by atoms with van der Waals surface area (Å²) in [5.41, 5.74) is 0.302. The van der Waals surface area contributed by atoms with Crippen LogP contribution in [0.3, 0.4) is 0 Å². The van der Waals surface area contributed by atoms with E-state index in [1.54, 1.807) is 12.1 Å². The van der Waals surface area contributed by atoms with Gasteiger partial charge in [0.1, 0.15) is 5.75 Å². The Morgan fingerprint density at radius 1 is 1.09 bits per heavy atom. The average Bonchev–Trinajstić information content (AvgIpc) is 3.13. The largest absolute Gasteiger partial charge is 0.508 e. The van der Waals surface area contributed by atoms with Gasteiger partial charge in [-0.3, -0.25) is 4.79 Å². The third-order valence-electron chi connectivity index (χ3n) is 5.77. The number of carbonyl (C=O) groups excluding carboxylic acids is 1. The lowest BCUT2D eigenvalue weighted by molar-refractivity contribution is -0.133.